The molecule has 0 aliphatic carbocycles. The first kappa shape index (κ1) is 25.6. The predicted molar refractivity (Wildman–Crippen MR) is 123 cm³/mol. The highest BCUT2D eigenvalue weighted by Gasteiger charge is 2.35. The second kappa shape index (κ2) is 11.9. The fraction of sp³-hybridized carbons (Fsp3) is 0.652. The largest absolute Gasteiger partial charge is 0.376 e. The Morgan fingerprint density at radius 1 is 1.06 bits per heavy atom. The van der Waals surface area contributed by atoms with Crippen LogP contribution in [-0.2, 0) is 29.1 Å². The van der Waals surface area contributed by atoms with Gasteiger partial charge in [0.05, 0.1) is 23.6 Å². The molecule has 2 N–H and O–H groups in total. The van der Waals surface area contributed by atoms with E-state index in [2.05, 4.69) is 10.0 Å². The number of amides is 2. The second-order valence-electron chi connectivity index (χ2n) is 8.89. The predicted octanol–water partition coefficient (Wildman–Crippen LogP) is 1.29. The van der Waals surface area contributed by atoms with E-state index in [0.29, 0.717) is 19.8 Å². The van der Waals surface area contributed by atoms with Gasteiger partial charge in [0.25, 0.3) is 0 Å². The van der Waals surface area contributed by atoms with Crippen molar-refractivity contribution in [2.24, 2.45) is 5.92 Å². The van der Waals surface area contributed by atoms with Crippen molar-refractivity contribution < 1.29 is 27.5 Å². The zero-order chi connectivity index (χ0) is 23.8. The lowest BCUT2D eigenvalue weighted by molar-refractivity contribution is -0.143. The Morgan fingerprint density at radius 3 is 2.27 bits per heavy atom. The Kier molecular flexibility index (Phi) is 9.25. The lowest BCUT2D eigenvalue weighted by Gasteiger charge is -2.35. The summed E-state index contributed by atoms with van der Waals surface area (Å²) in [6.45, 7) is 5.25. The van der Waals surface area contributed by atoms with E-state index in [1.165, 1.54) is 17.0 Å². The molecule has 1 aromatic rings. The quantitative estimate of drug-likeness (QED) is 0.492. The maximum atomic E-state index is 13.3. The molecule has 2 heterocycles. The summed E-state index contributed by atoms with van der Waals surface area (Å²) in [6, 6.07) is 7.14. The number of ether oxygens (including phenoxy) is 2. The molecule has 2 fully saturated rings. The molecule has 1 aromatic carbocycles. The molecule has 0 bridgehead atoms. The summed E-state index contributed by atoms with van der Waals surface area (Å²) in [4.78, 5) is 28.0. The van der Waals surface area contributed by atoms with Crippen molar-refractivity contribution in [1.29, 1.82) is 0 Å². The fourth-order valence-corrected chi connectivity index (χ4v) is 5.24. The van der Waals surface area contributed by atoms with Gasteiger partial charge in [-0.3, -0.25) is 9.59 Å². The Bertz CT molecular complexity index is 881. The van der Waals surface area contributed by atoms with Crippen LogP contribution in [0.5, 0.6) is 0 Å². The van der Waals surface area contributed by atoms with Crippen molar-refractivity contribution >= 4 is 21.8 Å². The van der Waals surface area contributed by atoms with Crippen LogP contribution in [0.1, 0.15) is 39.5 Å². The van der Waals surface area contributed by atoms with Gasteiger partial charge in [-0.2, -0.15) is 0 Å². The van der Waals surface area contributed by atoms with Crippen LogP contribution in [0.15, 0.2) is 35.2 Å². The van der Waals surface area contributed by atoms with E-state index in [4.69, 9.17) is 9.47 Å². The van der Waals surface area contributed by atoms with Crippen molar-refractivity contribution in [3.63, 3.8) is 0 Å². The maximum Gasteiger partial charge on any atom is 0.243 e. The minimum Gasteiger partial charge on any atom is -0.376 e. The molecular formula is C23H35N3O6S. The van der Waals surface area contributed by atoms with Crippen molar-refractivity contribution in [1.82, 2.24) is 14.9 Å². The summed E-state index contributed by atoms with van der Waals surface area (Å²) >= 11 is 0. The molecule has 2 aliphatic heterocycles. The van der Waals surface area contributed by atoms with Gasteiger partial charge < -0.3 is 19.7 Å². The first-order valence-electron chi connectivity index (χ1n) is 11.6. The first-order valence-corrected chi connectivity index (χ1v) is 13.1. The van der Waals surface area contributed by atoms with Gasteiger partial charge in [-0.05, 0) is 43.7 Å². The van der Waals surface area contributed by atoms with Crippen LogP contribution in [0.2, 0.25) is 0 Å². The Morgan fingerprint density at radius 2 is 1.70 bits per heavy atom. The van der Waals surface area contributed by atoms with Crippen LogP contribution in [0.4, 0.5) is 0 Å². The third kappa shape index (κ3) is 7.23. The lowest BCUT2D eigenvalue weighted by atomic mass is 10.00. The van der Waals surface area contributed by atoms with Crippen molar-refractivity contribution in [2.75, 3.05) is 32.8 Å². The van der Waals surface area contributed by atoms with E-state index < -0.39 is 28.5 Å². The highest BCUT2D eigenvalue weighted by Crippen LogP contribution is 2.19. The molecule has 33 heavy (non-hydrogen) atoms. The summed E-state index contributed by atoms with van der Waals surface area (Å²) in [5.41, 5.74) is 0. The van der Waals surface area contributed by atoms with E-state index >= 15 is 0 Å². The van der Waals surface area contributed by atoms with Gasteiger partial charge in [0.2, 0.25) is 21.8 Å². The zero-order valence-corrected chi connectivity index (χ0v) is 20.2. The summed E-state index contributed by atoms with van der Waals surface area (Å²) in [7, 11) is -3.85. The van der Waals surface area contributed by atoms with E-state index in [-0.39, 0.29) is 35.5 Å². The first-order chi connectivity index (χ1) is 15.8. The number of nitrogens with zero attached hydrogens (tertiary/aromatic N) is 1. The van der Waals surface area contributed by atoms with Gasteiger partial charge in [0, 0.05) is 26.3 Å². The van der Waals surface area contributed by atoms with Crippen molar-refractivity contribution in [3.8, 4) is 0 Å². The van der Waals surface area contributed by atoms with Gasteiger partial charge in [-0.25, -0.2) is 13.1 Å². The lowest BCUT2D eigenvalue weighted by Crippen LogP contribution is -2.56. The molecule has 184 valence electrons. The Hall–Kier alpha value is -2.01. The summed E-state index contributed by atoms with van der Waals surface area (Å²) in [6.07, 6.45) is 3.37. The number of benzene rings is 1. The van der Waals surface area contributed by atoms with E-state index in [1.54, 1.807) is 18.2 Å². The van der Waals surface area contributed by atoms with Crippen LogP contribution in [0, 0.1) is 5.92 Å². The third-order valence-electron chi connectivity index (χ3n) is 5.98. The minimum atomic E-state index is -3.85. The fourth-order valence-electron chi connectivity index (χ4n) is 4.25. The summed E-state index contributed by atoms with van der Waals surface area (Å²) in [5, 5.41) is 2.93. The van der Waals surface area contributed by atoms with Gasteiger partial charge >= 0.3 is 0 Å². The second-order valence-corrected chi connectivity index (χ2v) is 10.7. The highest BCUT2D eigenvalue weighted by molar-refractivity contribution is 7.89. The van der Waals surface area contributed by atoms with Gasteiger partial charge in [0.1, 0.15) is 6.04 Å². The molecule has 2 saturated heterocycles. The molecule has 2 amide bonds. The number of carbonyl (C=O) groups is 2. The normalized spacial score (nSPS) is 21.8. The van der Waals surface area contributed by atoms with Crippen LogP contribution >= 0.6 is 0 Å². The average Bonchev–Trinajstić information content (AvgIpc) is 3.50. The molecule has 9 nitrogen and oxygen atoms in total. The zero-order valence-electron chi connectivity index (χ0n) is 19.4. The van der Waals surface area contributed by atoms with Gasteiger partial charge in [-0.15, -0.1) is 0 Å². The molecule has 0 unspecified atom stereocenters. The SMILES string of the molecule is CC(C)[C@H](C(=O)NC[C@@H]1CCCO1)N(C[C@H]1CCCO1)C(=O)CNS(=O)(=O)c1ccccc1. The molecule has 10 heteroatoms. The monoisotopic (exact) mass is 481 g/mol. The van der Waals surface area contributed by atoms with E-state index in [0.717, 1.165) is 25.7 Å². The highest BCUT2D eigenvalue weighted by atomic mass is 32.2. The number of nitrogens with one attached hydrogen (secondary N) is 2. The number of carbonyl (C=O) groups excluding carboxylic acids is 2. The number of rotatable bonds is 11. The molecule has 3 rings (SSSR count). The molecule has 0 spiro atoms. The third-order valence-corrected chi connectivity index (χ3v) is 7.39. The van der Waals surface area contributed by atoms with E-state index in [9.17, 15) is 18.0 Å². The van der Waals surface area contributed by atoms with Gasteiger partial charge in [0.15, 0.2) is 0 Å². The van der Waals surface area contributed by atoms with Crippen LogP contribution in [-0.4, -0.2) is 76.2 Å². The van der Waals surface area contributed by atoms with Gasteiger partial charge in [-0.1, -0.05) is 32.0 Å². The molecule has 0 aromatic heterocycles. The number of hydrogen-bond acceptors (Lipinski definition) is 6. The molecule has 3 atom stereocenters. The Balaban J connectivity index is 1.71. The summed E-state index contributed by atoms with van der Waals surface area (Å²) < 4.78 is 38.9. The van der Waals surface area contributed by atoms with Crippen molar-refractivity contribution in [2.45, 2.75) is 62.7 Å². The smallest absolute Gasteiger partial charge is 0.243 e. The van der Waals surface area contributed by atoms with Crippen molar-refractivity contribution in [3.05, 3.63) is 30.3 Å². The van der Waals surface area contributed by atoms with Crippen LogP contribution < -0.4 is 10.0 Å². The number of hydrogen-bond donors (Lipinski definition) is 2. The number of sulfonamides is 1. The van der Waals surface area contributed by atoms with E-state index in [1.807, 2.05) is 13.8 Å². The standard InChI is InChI=1S/C23H35N3O6S/c1-17(2)22(23(28)24-14-18-8-6-12-31-18)26(16-19-9-7-13-32-19)21(27)15-25-33(29,30)20-10-4-3-5-11-20/h3-5,10-11,17-19,22,25H,6-9,12-16H2,1-2H3,(H,24,28)/t18-,19+,22+/m0/s1. The minimum absolute atomic E-state index is 0.0123. The molecule has 0 saturated carbocycles. The summed E-state index contributed by atoms with van der Waals surface area (Å²) in [5.74, 6) is -0.903. The maximum absolute atomic E-state index is 13.3. The Labute approximate surface area is 196 Å². The van der Waals surface area contributed by atoms with Crippen LogP contribution in [0.25, 0.3) is 0 Å². The molecule has 2 aliphatic rings. The molecular weight excluding hydrogens is 446 g/mol. The molecule has 0 radical (unpaired) electrons. The average molecular weight is 482 g/mol. The topological polar surface area (TPSA) is 114 Å². The van der Waals surface area contributed by atoms with Crippen LogP contribution in [0.3, 0.4) is 0 Å².